The number of hydrogen-bond donors (Lipinski definition) is 3. The van der Waals surface area contributed by atoms with Gasteiger partial charge in [-0.15, -0.1) is 0 Å². The van der Waals surface area contributed by atoms with E-state index in [2.05, 4.69) is 10.3 Å². The average Bonchev–Trinajstić information content (AvgIpc) is 2.30. The summed E-state index contributed by atoms with van der Waals surface area (Å²) in [5.41, 5.74) is 10.5. The largest absolute Gasteiger partial charge is 0.370 e. The minimum atomic E-state index is -0.403. The van der Waals surface area contributed by atoms with Crippen LogP contribution in [0.4, 0.5) is 0 Å². The summed E-state index contributed by atoms with van der Waals surface area (Å²) in [6.07, 6.45) is 1.22. The molecule has 0 spiro atoms. The van der Waals surface area contributed by atoms with Crippen molar-refractivity contribution in [2.75, 3.05) is 26.7 Å². The van der Waals surface area contributed by atoms with E-state index in [0.29, 0.717) is 32.5 Å². The molecule has 0 saturated heterocycles. The Morgan fingerprint density at radius 1 is 1.32 bits per heavy atom. The first-order chi connectivity index (χ1) is 8.90. The van der Waals surface area contributed by atoms with Gasteiger partial charge in [-0.2, -0.15) is 0 Å². The molecule has 7 heteroatoms. The van der Waals surface area contributed by atoms with Gasteiger partial charge < -0.3 is 21.7 Å². The third-order valence-electron chi connectivity index (χ3n) is 2.78. The van der Waals surface area contributed by atoms with Crippen LogP contribution in [0.2, 0.25) is 0 Å². The highest BCUT2D eigenvalue weighted by molar-refractivity contribution is 5.86. The number of amides is 1. The van der Waals surface area contributed by atoms with Gasteiger partial charge >= 0.3 is 0 Å². The summed E-state index contributed by atoms with van der Waals surface area (Å²) < 4.78 is 0. The zero-order chi connectivity index (χ0) is 14.8. The number of nitrogens with two attached hydrogens (primary N) is 2. The summed E-state index contributed by atoms with van der Waals surface area (Å²) in [4.78, 5) is 28.8. The first kappa shape index (κ1) is 17.4. The van der Waals surface area contributed by atoms with Crippen molar-refractivity contribution in [2.45, 2.75) is 32.7 Å². The first-order valence-corrected chi connectivity index (χ1v) is 6.37. The summed E-state index contributed by atoms with van der Waals surface area (Å²) >= 11 is 0. The van der Waals surface area contributed by atoms with Crippen molar-refractivity contribution < 1.29 is 9.59 Å². The molecule has 0 aliphatic heterocycles. The molecule has 0 rings (SSSR count). The maximum Gasteiger partial charge on any atom is 0.220 e. The van der Waals surface area contributed by atoms with E-state index in [-0.39, 0.29) is 17.6 Å². The number of carbonyl (C=O) groups is 2. The Balaban J connectivity index is 4.53. The number of rotatable bonds is 9. The molecular weight excluding hydrogens is 246 g/mol. The van der Waals surface area contributed by atoms with Gasteiger partial charge in [0.25, 0.3) is 0 Å². The monoisotopic (exact) mass is 271 g/mol. The minimum absolute atomic E-state index is 0.0176. The topological polar surface area (TPSA) is 114 Å². The van der Waals surface area contributed by atoms with Gasteiger partial charge in [-0.1, -0.05) is 0 Å². The number of likely N-dealkylation sites (N-methyl/N-ethyl adjacent to an activating group) is 1. The number of Topliss-reactive ketones (excluding diaryl/α,β-unsaturated/α-hetero) is 1. The van der Waals surface area contributed by atoms with Crippen LogP contribution < -0.4 is 16.8 Å². The van der Waals surface area contributed by atoms with E-state index < -0.39 is 6.04 Å². The predicted molar refractivity (Wildman–Crippen MR) is 75.7 cm³/mol. The minimum Gasteiger partial charge on any atom is -0.370 e. The Morgan fingerprint density at radius 2 is 1.95 bits per heavy atom. The second-order valence-corrected chi connectivity index (χ2v) is 4.39. The van der Waals surface area contributed by atoms with E-state index in [1.165, 1.54) is 13.8 Å². The van der Waals surface area contributed by atoms with Crippen molar-refractivity contribution in [1.82, 2.24) is 10.2 Å². The third kappa shape index (κ3) is 7.40. The Hall–Kier alpha value is -1.63. The van der Waals surface area contributed by atoms with E-state index in [1.54, 1.807) is 11.9 Å². The molecular formula is C12H25N5O2. The Bertz CT molecular complexity index is 326. The van der Waals surface area contributed by atoms with Crippen LogP contribution in [0.25, 0.3) is 0 Å². The van der Waals surface area contributed by atoms with E-state index in [9.17, 15) is 9.59 Å². The molecule has 0 aromatic heterocycles. The second kappa shape index (κ2) is 9.32. The van der Waals surface area contributed by atoms with E-state index in [4.69, 9.17) is 11.5 Å². The van der Waals surface area contributed by atoms with Crippen LogP contribution in [0, 0.1) is 0 Å². The number of ketones is 1. The van der Waals surface area contributed by atoms with Crippen LogP contribution in [0.1, 0.15) is 26.7 Å². The van der Waals surface area contributed by atoms with Gasteiger partial charge in [-0.05, 0) is 26.8 Å². The molecule has 5 N–H and O–H groups in total. The van der Waals surface area contributed by atoms with Crippen LogP contribution in [0.5, 0.6) is 0 Å². The molecule has 0 heterocycles. The summed E-state index contributed by atoms with van der Waals surface area (Å²) in [6, 6.07) is -0.403. The van der Waals surface area contributed by atoms with E-state index in [1.807, 2.05) is 0 Å². The molecule has 0 aliphatic rings. The summed E-state index contributed by atoms with van der Waals surface area (Å²) in [5, 5.41) is 2.97. The number of guanidine groups is 1. The highest BCUT2D eigenvalue weighted by Gasteiger charge is 2.24. The third-order valence-corrected chi connectivity index (χ3v) is 2.78. The average molecular weight is 271 g/mol. The zero-order valence-electron chi connectivity index (χ0n) is 12.0. The molecule has 0 aliphatic carbocycles. The highest BCUT2D eigenvalue weighted by atomic mass is 16.2. The second-order valence-electron chi connectivity index (χ2n) is 4.39. The molecule has 1 amide bonds. The molecule has 19 heavy (non-hydrogen) atoms. The fraction of sp³-hybridized carbons (Fsp3) is 0.750. The number of hydrogen-bond acceptors (Lipinski definition) is 4. The van der Waals surface area contributed by atoms with Gasteiger partial charge in [0.15, 0.2) is 11.7 Å². The summed E-state index contributed by atoms with van der Waals surface area (Å²) in [6.45, 7) is 4.60. The Labute approximate surface area is 114 Å². The molecule has 1 atom stereocenters. The predicted octanol–water partition coefficient (Wildman–Crippen LogP) is -0.934. The molecule has 7 nitrogen and oxygen atoms in total. The SMILES string of the molecule is CNCCN(C(C)=O)C(CCCN=C(N)N)C(C)=O. The summed E-state index contributed by atoms with van der Waals surface area (Å²) in [7, 11) is 1.81. The fourth-order valence-corrected chi connectivity index (χ4v) is 1.84. The van der Waals surface area contributed by atoms with Crippen LogP contribution in [-0.2, 0) is 9.59 Å². The smallest absolute Gasteiger partial charge is 0.220 e. The van der Waals surface area contributed by atoms with Crippen molar-refractivity contribution in [3.8, 4) is 0 Å². The van der Waals surface area contributed by atoms with E-state index in [0.717, 1.165) is 0 Å². The van der Waals surface area contributed by atoms with Gasteiger partial charge in [0, 0.05) is 26.6 Å². The number of nitrogens with zero attached hydrogens (tertiary/aromatic N) is 2. The van der Waals surface area contributed by atoms with E-state index >= 15 is 0 Å². The molecule has 1 unspecified atom stereocenters. The van der Waals surface area contributed by atoms with Crippen LogP contribution in [0.3, 0.4) is 0 Å². The summed E-state index contributed by atoms with van der Waals surface area (Å²) in [5.74, 6) is -0.0775. The van der Waals surface area contributed by atoms with Crippen LogP contribution in [0.15, 0.2) is 4.99 Å². The number of nitrogens with one attached hydrogen (secondary N) is 1. The first-order valence-electron chi connectivity index (χ1n) is 6.37. The van der Waals surface area contributed by atoms with Crippen LogP contribution >= 0.6 is 0 Å². The van der Waals surface area contributed by atoms with Gasteiger partial charge in [0.1, 0.15) is 0 Å². The van der Waals surface area contributed by atoms with Crippen molar-refractivity contribution in [3.05, 3.63) is 0 Å². The maximum absolute atomic E-state index is 11.7. The molecule has 0 aromatic carbocycles. The molecule has 0 bridgehead atoms. The lowest BCUT2D eigenvalue weighted by atomic mass is 10.1. The number of carbonyl (C=O) groups excluding carboxylic acids is 2. The standard InChI is InChI=1S/C12H25N5O2/c1-9(18)11(5-4-6-16-12(13)14)17(10(2)19)8-7-15-3/h11,15H,4-8H2,1-3H3,(H4,13,14,16). The Kier molecular flexibility index (Phi) is 8.52. The van der Waals surface area contributed by atoms with Crippen molar-refractivity contribution in [1.29, 1.82) is 0 Å². The Morgan fingerprint density at radius 3 is 2.37 bits per heavy atom. The zero-order valence-corrected chi connectivity index (χ0v) is 12.0. The van der Waals surface area contributed by atoms with Crippen LogP contribution in [-0.4, -0.2) is 55.3 Å². The van der Waals surface area contributed by atoms with Gasteiger partial charge in [0.05, 0.1) is 6.04 Å². The molecule has 0 fully saturated rings. The van der Waals surface area contributed by atoms with Gasteiger partial charge in [-0.25, -0.2) is 0 Å². The maximum atomic E-state index is 11.7. The lowest BCUT2D eigenvalue weighted by molar-refractivity contribution is -0.137. The normalized spacial score (nSPS) is 11.7. The van der Waals surface area contributed by atoms with Gasteiger partial charge in [0.2, 0.25) is 5.91 Å². The molecule has 0 radical (unpaired) electrons. The molecule has 0 aromatic rings. The highest BCUT2D eigenvalue weighted by Crippen LogP contribution is 2.09. The quantitative estimate of drug-likeness (QED) is 0.285. The molecule has 0 saturated carbocycles. The molecule has 110 valence electrons. The van der Waals surface area contributed by atoms with Crippen molar-refractivity contribution >= 4 is 17.6 Å². The number of aliphatic imine (C=N–C) groups is 1. The lowest BCUT2D eigenvalue weighted by Crippen LogP contribution is -2.46. The van der Waals surface area contributed by atoms with Gasteiger partial charge in [-0.3, -0.25) is 14.6 Å². The van der Waals surface area contributed by atoms with Crippen molar-refractivity contribution in [3.63, 3.8) is 0 Å². The lowest BCUT2D eigenvalue weighted by Gasteiger charge is -2.29. The van der Waals surface area contributed by atoms with Crippen molar-refractivity contribution in [2.24, 2.45) is 16.5 Å². The fourth-order valence-electron chi connectivity index (χ4n) is 1.84.